The Hall–Kier alpha value is -1.79. The first-order valence-electron chi connectivity index (χ1n) is 15.0. The Morgan fingerprint density at radius 1 is 0.750 bits per heavy atom. The molecule has 0 radical (unpaired) electrons. The van der Waals surface area contributed by atoms with Crippen molar-refractivity contribution in [2.24, 2.45) is 5.92 Å². The van der Waals surface area contributed by atoms with E-state index >= 15 is 0 Å². The maximum Gasteiger partial charge on any atom is 0.336 e. The SMILES string of the molecule is C.CCC1CCC2OC2C1.CCCCOCC1CO1.CCCCn1c(=O)n(CC2CO2)c(=O)n(CC2CO2)c1=O. The quantitative estimate of drug-likeness (QED) is 0.262. The minimum Gasteiger partial charge on any atom is -0.379 e. The Kier molecular flexibility index (Phi) is 13.1. The molecule has 4 saturated heterocycles. The van der Waals surface area contributed by atoms with Gasteiger partial charge in [0.1, 0.15) is 6.10 Å². The van der Waals surface area contributed by atoms with Gasteiger partial charge in [-0.25, -0.2) is 28.1 Å². The monoisotopic (exact) mass is 569 g/mol. The minimum absolute atomic E-state index is 0. The Labute approximate surface area is 237 Å². The Bertz CT molecular complexity index is 1020. The van der Waals surface area contributed by atoms with E-state index < -0.39 is 17.1 Å². The highest BCUT2D eigenvalue weighted by Crippen LogP contribution is 2.40. The molecule has 40 heavy (non-hydrogen) atoms. The first kappa shape index (κ1) is 32.7. The van der Waals surface area contributed by atoms with Crippen LogP contribution in [0.1, 0.15) is 79.6 Å². The standard InChI is InChI=1S/C13H19N3O5.C8H14O.C7H14O2.CH4/c1-2-3-4-14-11(17)15(5-9-7-20-9)13(19)16(12(14)18)6-10-8-21-10;1-2-6-3-4-7-8(5-6)9-7;1-2-3-4-8-5-7-6-9-7;/h9-10H,2-8H2,1H3;6-8H,2-5H2,1H3;7H,2-6H2,1H3;1H4. The van der Waals surface area contributed by atoms with E-state index in [9.17, 15) is 14.4 Å². The molecule has 0 bridgehead atoms. The molecule has 5 fully saturated rings. The summed E-state index contributed by atoms with van der Waals surface area (Å²) in [5, 5.41) is 0. The van der Waals surface area contributed by atoms with Crippen LogP contribution in [0.3, 0.4) is 0 Å². The van der Waals surface area contributed by atoms with Gasteiger partial charge in [0.15, 0.2) is 0 Å². The number of ether oxygens (including phenoxy) is 5. The number of hydrogen-bond donors (Lipinski definition) is 0. The van der Waals surface area contributed by atoms with E-state index in [0.29, 0.717) is 44.5 Å². The molecule has 5 heterocycles. The summed E-state index contributed by atoms with van der Waals surface area (Å²) in [7, 11) is 0. The molecule has 1 saturated carbocycles. The summed E-state index contributed by atoms with van der Waals surface area (Å²) in [6, 6.07) is 0. The fourth-order valence-electron chi connectivity index (χ4n) is 4.74. The summed E-state index contributed by atoms with van der Waals surface area (Å²) >= 11 is 0. The van der Waals surface area contributed by atoms with Crippen LogP contribution in [0.25, 0.3) is 0 Å². The number of unbranched alkanes of at least 4 members (excludes halogenated alkanes) is 2. The van der Waals surface area contributed by atoms with Crippen molar-refractivity contribution >= 4 is 0 Å². The maximum atomic E-state index is 12.4. The zero-order valence-corrected chi connectivity index (χ0v) is 23.9. The fourth-order valence-corrected chi connectivity index (χ4v) is 4.74. The topological polar surface area (TPSA) is 125 Å². The van der Waals surface area contributed by atoms with E-state index in [-0.39, 0.29) is 32.7 Å². The van der Waals surface area contributed by atoms with Crippen LogP contribution in [0, 0.1) is 5.92 Å². The molecular weight excluding hydrogens is 518 g/mol. The van der Waals surface area contributed by atoms with Crippen molar-refractivity contribution in [2.45, 2.75) is 130 Å². The minimum atomic E-state index is -0.566. The number of epoxide rings is 4. The van der Waals surface area contributed by atoms with Gasteiger partial charge in [0.25, 0.3) is 0 Å². The van der Waals surface area contributed by atoms with Crippen LogP contribution >= 0.6 is 0 Å². The highest BCUT2D eigenvalue weighted by molar-refractivity contribution is 4.91. The predicted molar refractivity (Wildman–Crippen MR) is 152 cm³/mol. The number of nitrogens with zero attached hydrogens (tertiary/aromatic N) is 3. The summed E-state index contributed by atoms with van der Waals surface area (Å²) in [4.78, 5) is 37.1. The maximum absolute atomic E-state index is 12.4. The average molecular weight is 570 g/mol. The molecule has 1 aliphatic carbocycles. The summed E-state index contributed by atoms with van der Waals surface area (Å²) < 4.78 is 29.2. The molecule has 0 aromatic carbocycles. The van der Waals surface area contributed by atoms with Crippen molar-refractivity contribution in [2.75, 3.05) is 33.0 Å². The van der Waals surface area contributed by atoms with Gasteiger partial charge in [0.05, 0.1) is 63.9 Å². The molecule has 11 nitrogen and oxygen atoms in total. The van der Waals surface area contributed by atoms with Gasteiger partial charge in [-0.05, 0) is 38.0 Å². The van der Waals surface area contributed by atoms with Crippen molar-refractivity contribution in [3.05, 3.63) is 31.5 Å². The van der Waals surface area contributed by atoms with E-state index in [0.717, 1.165) is 45.9 Å². The molecule has 5 aliphatic rings. The molecule has 6 atom stereocenters. The summed E-state index contributed by atoms with van der Waals surface area (Å²) in [5.74, 6) is 0.980. The lowest BCUT2D eigenvalue weighted by Gasteiger charge is -2.15. The molecule has 1 aromatic rings. The van der Waals surface area contributed by atoms with Crippen LogP contribution in [-0.4, -0.2) is 77.3 Å². The Morgan fingerprint density at radius 3 is 1.77 bits per heavy atom. The summed E-state index contributed by atoms with van der Waals surface area (Å²) in [5.41, 5.74) is -1.65. The smallest absolute Gasteiger partial charge is 0.336 e. The van der Waals surface area contributed by atoms with Gasteiger partial charge in [0, 0.05) is 13.2 Å². The number of aromatic nitrogens is 3. The van der Waals surface area contributed by atoms with E-state index in [1.54, 1.807) is 0 Å². The van der Waals surface area contributed by atoms with E-state index in [1.165, 1.54) is 38.5 Å². The molecule has 0 amide bonds. The predicted octanol–water partition coefficient (Wildman–Crippen LogP) is 2.57. The van der Waals surface area contributed by atoms with Gasteiger partial charge in [-0.15, -0.1) is 0 Å². The van der Waals surface area contributed by atoms with Crippen LogP contribution in [0.15, 0.2) is 14.4 Å². The van der Waals surface area contributed by atoms with E-state index in [2.05, 4.69) is 13.8 Å². The molecule has 4 aliphatic heterocycles. The molecule has 0 spiro atoms. The van der Waals surface area contributed by atoms with Crippen LogP contribution in [0.2, 0.25) is 0 Å². The van der Waals surface area contributed by atoms with Gasteiger partial charge < -0.3 is 23.7 Å². The zero-order valence-electron chi connectivity index (χ0n) is 23.9. The van der Waals surface area contributed by atoms with Crippen LogP contribution < -0.4 is 17.1 Å². The van der Waals surface area contributed by atoms with Gasteiger partial charge >= 0.3 is 17.1 Å². The molecule has 1 aromatic heterocycles. The molecule has 11 heteroatoms. The number of hydrogen-bond acceptors (Lipinski definition) is 8. The van der Waals surface area contributed by atoms with Crippen molar-refractivity contribution in [3.63, 3.8) is 0 Å². The first-order chi connectivity index (χ1) is 18.9. The highest BCUT2D eigenvalue weighted by Gasteiger charge is 2.43. The molecule has 6 unspecified atom stereocenters. The van der Waals surface area contributed by atoms with Crippen molar-refractivity contribution < 1.29 is 23.7 Å². The molecular formula is C29H51N3O8. The summed E-state index contributed by atoms with van der Waals surface area (Å²) in [6.45, 7) is 10.9. The second kappa shape index (κ2) is 16.0. The van der Waals surface area contributed by atoms with Gasteiger partial charge in [-0.1, -0.05) is 47.5 Å². The van der Waals surface area contributed by atoms with Crippen molar-refractivity contribution in [1.29, 1.82) is 0 Å². The van der Waals surface area contributed by atoms with E-state index in [1.807, 2.05) is 6.92 Å². The van der Waals surface area contributed by atoms with Crippen molar-refractivity contribution in [3.8, 4) is 0 Å². The van der Waals surface area contributed by atoms with Gasteiger partial charge in [0.2, 0.25) is 0 Å². The summed E-state index contributed by atoms with van der Waals surface area (Å²) in [6.07, 6.45) is 11.0. The van der Waals surface area contributed by atoms with Crippen LogP contribution in [0.4, 0.5) is 0 Å². The van der Waals surface area contributed by atoms with Gasteiger partial charge in [-0.3, -0.25) is 0 Å². The second-order valence-corrected chi connectivity index (χ2v) is 11.2. The van der Waals surface area contributed by atoms with E-state index in [4.69, 9.17) is 23.7 Å². The zero-order chi connectivity index (χ0) is 27.8. The van der Waals surface area contributed by atoms with Crippen LogP contribution in [-0.2, 0) is 43.3 Å². The lowest BCUT2D eigenvalue weighted by Crippen LogP contribution is -2.55. The average Bonchev–Trinajstić information content (AvgIpc) is 3.77. The highest BCUT2D eigenvalue weighted by atomic mass is 16.6. The number of fused-ring (bicyclic) bond motifs is 1. The largest absolute Gasteiger partial charge is 0.379 e. The normalized spacial score (nSPS) is 28.6. The lowest BCUT2D eigenvalue weighted by molar-refractivity contribution is 0.114. The lowest BCUT2D eigenvalue weighted by atomic mass is 9.88. The first-order valence-corrected chi connectivity index (χ1v) is 15.0. The third-order valence-electron chi connectivity index (χ3n) is 7.74. The van der Waals surface area contributed by atoms with Crippen LogP contribution in [0.5, 0.6) is 0 Å². The third-order valence-corrected chi connectivity index (χ3v) is 7.74. The molecule has 230 valence electrons. The second-order valence-electron chi connectivity index (χ2n) is 11.2. The fraction of sp³-hybridized carbons (Fsp3) is 0.897. The van der Waals surface area contributed by atoms with Crippen molar-refractivity contribution in [1.82, 2.24) is 13.7 Å². The Morgan fingerprint density at radius 2 is 1.30 bits per heavy atom. The molecule has 6 rings (SSSR count). The number of rotatable bonds is 13. The van der Waals surface area contributed by atoms with Gasteiger partial charge in [-0.2, -0.15) is 0 Å². The third kappa shape index (κ3) is 10.2. The Balaban J connectivity index is 0.000000191. The molecule has 0 N–H and O–H groups in total.